The Morgan fingerprint density at radius 3 is 2.79 bits per heavy atom. The fourth-order valence-electron chi connectivity index (χ4n) is 4.38. The largest absolute Gasteiger partial charge is 0.497 e. The van der Waals surface area contributed by atoms with Crippen molar-refractivity contribution in [1.29, 1.82) is 0 Å². The lowest BCUT2D eigenvalue weighted by molar-refractivity contribution is -0.127. The minimum absolute atomic E-state index is 0.0983. The predicted octanol–water partition coefficient (Wildman–Crippen LogP) is 4.87. The predicted molar refractivity (Wildman–Crippen MR) is 132 cm³/mol. The van der Waals surface area contributed by atoms with Crippen molar-refractivity contribution in [3.8, 4) is 16.9 Å². The van der Waals surface area contributed by atoms with Gasteiger partial charge in [-0.2, -0.15) is 0 Å². The minimum Gasteiger partial charge on any atom is -0.497 e. The van der Waals surface area contributed by atoms with Crippen LogP contribution in [0.2, 0.25) is 0 Å². The van der Waals surface area contributed by atoms with E-state index in [0.29, 0.717) is 24.4 Å². The van der Waals surface area contributed by atoms with Gasteiger partial charge in [-0.15, -0.1) is 11.3 Å². The number of likely N-dealkylation sites (tertiary alicyclic amines) is 1. The molecule has 2 aromatic heterocycles. The number of benzene rings is 2. The van der Waals surface area contributed by atoms with E-state index in [1.54, 1.807) is 7.11 Å². The Morgan fingerprint density at radius 1 is 1.18 bits per heavy atom. The van der Waals surface area contributed by atoms with Gasteiger partial charge in [0.2, 0.25) is 5.91 Å². The lowest BCUT2D eigenvalue weighted by Crippen LogP contribution is -2.30. The number of amides is 2. The number of pyridine rings is 1. The van der Waals surface area contributed by atoms with Gasteiger partial charge in [0.15, 0.2) is 0 Å². The van der Waals surface area contributed by atoms with E-state index in [0.717, 1.165) is 57.3 Å². The molecular formula is C26H25N3O3S. The van der Waals surface area contributed by atoms with E-state index in [-0.39, 0.29) is 11.8 Å². The summed E-state index contributed by atoms with van der Waals surface area (Å²) in [5.41, 5.74) is 2.76. The molecule has 0 spiro atoms. The number of nitrogens with one attached hydrogen (secondary N) is 1. The maximum absolute atomic E-state index is 13.3. The van der Waals surface area contributed by atoms with Gasteiger partial charge in [-0.1, -0.05) is 30.3 Å². The summed E-state index contributed by atoms with van der Waals surface area (Å²) in [6.07, 6.45) is 4.17. The Hall–Kier alpha value is -3.45. The Bertz CT molecular complexity index is 1330. The summed E-state index contributed by atoms with van der Waals surface area (Å²) in [5.74, 6) is 0.875. The fraction of sp³-hybridized carbons (Fsp3) is 0.269. The molecule has 33 heavy (non-hydrogen) atoms. The topological polar surface area (TPSA) is 71.5 Å². The highest BCUT2D eigenvalue weighted by Gasteiger charge is 2.22. The van der Waals surface area contributed by atoms with E-state index < -0.39 is 0 Å². The molecule has 2 amide bonds. The minimum atomic E-state index is -0.0983. The highest BCUT2D eigenvalue weighted by Crippen LogP contribution is 2.42. The summed E-state index contributed by atoms with van der Waals surface area (Å²) < 4.78 is 6.44. The molecular weight excluding hydrogens is 434 g/mol. The SMILES string of the molecule is COc1ccc2ncc3c(-c4ccccc4)c(C(=O)NCCCN4CCCC4=O)sc3c2c1. The fourth-order valence-corrected chi connectivity index (χ4v) is 5.62. The number of carbonyl (C=O) groups is 2. The van der Waals surface area contributed by atoms with Crippen LogP contribution in [0.4, 0.5) is 0 Å². The molecule has 6 nitrogen and oxygen atoms in total. The number of ether oxygens (including phenoxy) is 1. The molecule has 0 aliphatic carbocycles. The molecule has 1 aliphatic heterocycles. The third-order valence-electron chi connectivity index (χ3n) is 6.06. The molecule has 0 radical (unpaired) electrons. The van der Waals surface area contributed by atoms with E-state index >= 15 is 0 Å². The molecule has 1 N–H and O–H groups in total. The van der Waals surface area contributed by atoms with Gasteiger partial charge in [-0.25, -0.2) is 0 Å². The zero-order valence-electron chi connectivity index (χ0n) is 18.5. The number of nitrogens with zero attached hydrogens (tertiary/aromatic N) is 2. The van der Waals surface area contributed by atoms with Crippen LogP contribution in [-0.2, 0) is 4.79 Å². The summed E-state index contributed by atoms with van der Waals surface area (Å²) in [5, 5.41) is 5.00. The van der Waals surface area contributed by atoms with Gasteiger partial charge in [0.05, 0.1) is 12.6 Å². The summed E-state index contributed by atoms with van der Waals surface area (Å²) in [6, 6.07) is 15.8. The molecule has 0 atom stereocenters. The van der Waals surface area contributed by atoms with Gasteiger partial charge in [0.25, 0.3) is 5.91 Å². The Labute approximate surface area is 196 Å². The molecule has 168 valence electrons. The smallest absolute Gasteiger partial charge is 0.262 e. The van der Waals surface area contributed by atoms with E-state index in [1.165, 1.54) is 11.3 Å². The van der Waals surface area contributed by atoms with Gasteiger partial charge in [-0.05, 0) is 36.6 Å². The van der Waals surface area contributed by atoms with Gasteiger partial charge in [0, 0.05) is 53.3 Å². The van der Waals surface area contributed by atoms with Crippen LogP contribution in [0, 0.1) is 0 Å². The first-order valence-corrected chi connectivity index (χ1v) is 12.0. The molecule has 0 bridgehead atoms. The third-order valence-corrected chi connectivity index (χ3v) is 7.29. The maximum atomic E-state index is 13.3. The molecule has 0 unspecified atom stereocenters. The van der Waals surface area contributed by atoms with Crippen LogP contribution in [0.15, 0.2) is 54.7 Å². The average molecular weight is 460 g/mol. The van der Waals surface area contributed by atoms with Crippen LogP contribution in [0.1, 0.15) is 28.9 Å². The first-order valence-electron chi connectivity index (χ1n) is 11.2. The number of hydrogen-bond acceptors (Lipinski definition) is 5. The normalized spacial score (nSPS) is 13.7. The van der Waals surface area contributed by atoms with Crippen molar-refractivity contribution in [3.63, 3.8) is 0 Å². The van der Waals surface area contributed by atoms with Crippen molar-refractivity contribution in [2.24, 2.45) is 0 Å². The molecule has 0 saturated carbocycles. The van der Waals surface area contributed by atoms with Crippen LogP contribution >= 0.6 is 11.3 Å². The molecule has 7 heteroatoms. The van der Waals surface area contributed by atoms with Gasteiger partial charge < -0.3 is 15.0 Å². The summed E-state index contributed by atoms with van der Waals surface area (Å²) in [7, 11) is 1.65. The Kier molecular flexibility index (Phi) is 5.96. The molecule has 1 aliphatic rings. The number of carbonyl (C=O) groups excluding carboxylic acids is 2. The summed E-state index contributed by atoms with van der Waals surface area (Å²) in [4.78, 5) is 32.3. The second kappa shape index (κ2) is 9.19. The molecule has 2 aromatic carbocycles. The zero-order chi connectivity index (χ0) is 22.8. The second-order valence-corrected chi connectivity index (χ2v) is 9.17. The van der Waals surface area contributed by atoms with Gasteiger partial charge in [-0.3, -0.25) is 14.6 Å². The van der Waals surface area contributed by atoms with Gasteiger partial charge in [0.1, 0.15) is 10.6 Å². The van der Waals surface area contributed by atoms with Crippen molar-refractivity contribution in [2.45, 2.75) is 19.3 Å². The van der Waals surface area contributed by atoms with Crippen LogP contribution in [0.25, 0.3) is 32.1 Å². The molecule has 1 saturated heterocycles. The van der Waals surface area contributed by atoms with Crippen molar-refractivity contribution in [1.82, 2.24) is 15.2 Å². The van der Waals surface area contributed by atoms with E-state index in [9.17, 15) is 9.59 Å². The first kappa shape index (κ1) is 21.4. The standard InChI is InChI=1S/C26H25N3O3S/c1-32-18-10-11-21-19(15-18)24-20(16-28-21)23(17-7-3-2-4-8-17)25(33-24)26(31)27-12-6-14-29-13-5-9-22(29)30/h2-4,7-8,10-11,15-16H,5-6,9,12-14H2,1H3,(H,27,31). The van der Waals surface area contributed by atoms with Crippen molar-refractivity contribution >= 4 is 44.1 Å². The first-order chi connectivity index (χ1) is 16.2. The monoisotopic (exact) mass is 459 g/mol. The molecule has 4 aromatic rings. The van der Waals surface area contributed by atoms with E-state index in [1.807, 2.05) is 59.6 Å². The Morgan fingerprint density at radius 2 is 2.03 bits per heavy atom. The quantitative estimate of drug-likeness (QED) is 0.401. The van der Waals surface area contributed by atoms with Crippen LogP contribution in [0.5, 0.6) is 5.75 Å². The highest BCUT2D eigenvalue weighted by atomic mass is 32.1. The highest BCUT2D eigenvalue weighted by molar-refractivity contribution is 7.22. The zero-order valence-corrected chi connectivity index (χ0v) is 19.3. The number of aromatic nitrogens is 1. The van der Waals surface area contributed by atoms with Crippen LogP contribution in [0.3, 0.4) is 0 Å². The lowest BCUT2D eigenvalue weighted by Gasteiger charge is -2.15. The average Bonchev–Trinajstić information content (AvgIpc) is 3.45. The van der Waals surface area contributed by atoms with Crippen molar-refractivity contribution in [2.75, 3.05) is 26.7 Å². The summed E-state index contributed by atoms with van der Waals surface area (Å²) >= 11 is 1.49. The number of hydrogen-bond donors (Lipinski definition) is 1. The van der Waals surface area contributed by atoms with E-state index in [2.05, 4.69) is 10.3 Å². The number of rotatable bonds is 7. The van der Waals surface area contributed by atoms with Crippen LogP contribution < -0.4 is 10.1 Å². The van der Waals surface area contributed by atoms with Crippen molar-refractivity contribution in [3.05, 3.63) is 59.6 Å². The third kappa shape index (κ3) is 4.16. The molecule has 3 heterocycles. The molecule has 1 fully saturated rings. The number of fused-ring (bicyclic) bond motifs is 3. The number of thiophene rings is 1. The van der Waals surface area contributed by atoms with E-state index in [4.69, 9.17) is 4.74 Å². The Balaban J connectivity index is 1.49. The van der Waals surface area contributed by atoms with Crippen LogP contribution in [-0.4, -0.2) is 48.4 Å². The summed E-state index contributed by atoms with van der Waals surface area (Å²) in [6.45, 7) is 2.04. The van der Waals surface area contributed by atoms with Gasteiger partial charge >= 0.3 is 0 Å². The van der Waals surface area contributed by atoms with Crippen molar-refractivity contribution < 1.29 is 14.3 Å². The maximum Gasteiger partial charge on any atom is 0.262 e. The number of methoxy groups -OCH3 is 1. The second-order valence-electron chi connectivity index (χ2n) is 8.15. The molecule has 5 rings (SSSR count). The lowest BCUT2D eigenvalue weighted by atomic mass is 10.0.